The molecule has 6 nitrogen and oxygen atoms in total. The Morgan fingerprint density at radius 2 is 0.824 bits per heavy atom. The van der Waals surface area contributed by atoms with Crippen LogP contribution in [0.2, 0.25) is 0 Å². The molecule has 0 unspecified atom stereocenters. The van der Waals surface area contributed by atoms with Gasteiger partial charge in [-0.15, -0.1) is 0 Å². The molecule has 0 fully saturated rings. The summed E-state index contributed by atoms with van der Waals surface area (Å²) in [4.78, 5) is 27.4. The minimum absolute atomic E-state index is 0. The summed E-state index contributed by atoms with van der Waals surface area (Å²) in [7, 11) is 0. The molecule has 0 saturated heterocycles. The van der Waals surface area contributed by atoms with E-state index in [-0.39, 0.29) is 69.9 Å². The molecule has 91 valence electrons. The van der Waals surface area contributed by atoms with E-state index in [1.807, 2.05) is 0 Å². The van der Waals surface area contributed by atoms with Crippen molar-refractivity contribution in [1.29, 1.82) is 0 Å². The van der Waals surface area contributed by atoms with Crippen LogP contribution in [-0.4, -0.2) is 17.9 Å². The maximum atomic E-state index is 9.14. The number of carbonyl (C=O) groups is 3. The SMILES string of the molecule is C=CC(=O)[O-].C=CC(=O)[O-].C=CC(=O)[O-].[Fe+3].[H-].[K+]. The second-order valence-corrected chi connectivity index (χ2v) is 1.57. The van der Waals surface area contributed by atoms with Crippen molar-refractivity contribution >= 4 is 17.9 Å². The van der Waals surface area contributed by atoms with Gasteiger partial charge in [0, 0.05) is 0 Å². The van der Waals surface area contributed by atoms with Gasteiger partial charge in [-0.3, -0.25) is 0 Å². The Hall–Kier alpha value is -0.214. The summed E-state index contributed by atoms with van der Waals surface area (Å²) in [5.41, 5.74) is 0. The minimum Gasteiger partial charge on any atom is -1.00 e. The molecule has 0 aromatic rings. The van der Waals surface area contributed by atoms with Crippen molar-refractivity contribution in [2.24, 2.45) is 0 Å². The predicted octanol–water partition coefficient (Wildman–Crippen LogP) is -6.12. The molecule has 17 heavy (non-hydrogen) atoms. The van der Waals surface area contributed by atoms with Gasteiger partial charge in [-0.05, 0) is 18.2 Å². The maximum Gasteiger partial charge on any atom is 3.00 e. The summed E-state index contributed by atoms with van der Waals surface area (Å²) >= 11 is 0. The molecule has 0 heterocycles. The van der Waals surface area contributed by atoms with E-state index in [0.717, 1.165) is 18.2 Å². The predicted molar refractivity (Wildman–Crippen MR) is 46.7 cm³/mol. The average Bonchev–Trinajstić information content (AvgIpc) is 2.19. The molecule has 1 radical (unpaired) electrons. The monoisotopic (exact) mass is 309 g/mol. The van der Waals surface area contributed by atoms with Gasteiger partial charge in [-0.25, -0.2) is 0 Å². The molecular weight excluding hydrogens is 299 g/mol. The number of carboxylic acid groups (broad SMARTS) is 3. The molecule has 0 aliphatic heterocycles. The van der Waals surface area contributed by atoms with Gasteiger partial charge in [0.1, 0.15) is 0 Å². The van der Waals surface area contributed by atoms with Crippen molar-refractivity contribution in [2.45, 2.75) is 0 Å². The van der Waals surface area contributed by atoms with E-state index in [0.29, 0.717) is 0 Å². The van der Waals surface area contributed by atoms with Gasteiger partial charge in [-0.1, -0.05) is 19.7 Å². The van der Waals surface area contributed by atoms with Crippen molar-refractivity contribution in [3.8, 4) is 0 Å². The van der Waals surface area contributed by atoms with E-state index in [1.165, 1.54) is 0 Å². The summed E-state index contributed by atoms with van der Waals surface area (Å²) in [6, 6.07) is 0. The van der Waals surface area contributed by atoms with Crippen LogP contribution in [0.3, 0.4) is 0 Å². The van der Waals surface area contributed by atoms with Crippen molar-refractivity contribution in [1.82, 2.24) is 0 Å². The number of carboxylic acids is 3. The number of aliphatic carboxylic acids is 3. The summed E-state index contributed by atoms with van der Waals surface area (Å²) in [6.07, 6.45) is 2.17. The Balaban J connectivity index is -0.0000000277. The summed E-state index contributed by atoms with van der Waals surface area (Å²) in [5.74, 6) is -3.69. The Labute approximate surface area is 153 Å². The molecule has 0 bridgehead atoms. The van der Waals surface area contributed by atoms with Crippen LogP contribution >= 0.6 is 0 Å². The van der Waals surface area contributed by atoms with Crippen LogP contribution in [-0.2, 0) is 31.5 Å². The number of hydrogen-bond donors (Lipinski definition) is 0. The summed E-state index contributed by atoms with van der Waals surface area (Å²) in [5, 5.41) is 27.4. The first-order valence-corrected chi connectivity index (χ1v) is 3.32. The minimum atomic E-state index is -1.23. The van der Waals surface area contributed by atoms with Gasteiger partial charge >= 0.3 is 68.5 Å². The normalized spacial score (nSPS) is 5.65. The molecule has 0 atom stereocenters. The molecule has 0 aliphatic rings. The second-order valence-electron chi connectivity index (χ2n) is 1.57. The fourth-order valence-electron chi connectivity index (χ4n) is 0. The van der Waals surface area contributed by atoms with Crippen LogP contribution in [0.25, 0.3) is 0 Å². The summed E-state index contributed by atoms with van der Waals surface area (Å²) in [6.45, 7) is 8.69. The first-order valence-electron chi connectivity index (χ1n) is 3.32. The Morgan fingerprint density at radius 1 is 0.765 bits per heavy atom. The third kappa shape index (κ3) is 89.6. The first-order chi connectivity index (χ1) is 6.81. The largest absolute Gasteiger partial charge is 3.00 e. The first kappa shape index (κ1) is 30.1. The van der Waals surface area contributed by atoms with Crippen molar-refractivity contribution in [3.05, 3.63) is 38.0 Å². The van der Waals surface area contributed by atoms with Crippen LogP contribution in [0.5, 0.6) is 0 Å². The molecule has 8 heteroatoms. The second kappa shape index (κ2) is 24.8. The van der Waals surface area contributed by atoms with Crippen LogP contribution in [0.4, 0.5) is 0 Å². The fraction of sp³-hybridized carbons (Fsp3) is 0. The van der Waals surface area contributed by atoms with E-state index >= 15 is 0 Å². The quantitative estimate of drug-likeness (QED) is 0.378. The molecule has 0 spiro atoms. The van der Waals surface area contributed by atoms with Crippen LogP contribution in [0.15, 0.2) is 38.0 Å². The van der Waals surface area contributed by atoms with Gasteiger partial charge in [-0.2, -0.15) is 0 Å². The molecule has 0 aliphatic carbocycles. The molecule has 0 N–H and O–H groups in total. The van der Waals surface area contributed by atoms with Crippen molar-refractivity contribution in [3.63, 3.8) is 0 Å². The average molecular weight is 309 g/mol. The topological polar surface area (TPSA) is 120 Å². The Bertz CT molecular complexity index is 227. The maximum absolute atomic E-state index is 9.14. The van der Waals surface area contributed by atoms with E-state index in [4.69, 9.17) is 29.7 Å². The van der Waals surface area contributed by atoms with E-state index in [2.05, 4.69) is 19.7 Å². The molecule has 0 rings (SSSR count). The van der Waals surface area contributed by atoms with Gasteiger partial charge < -0.3 is 31.1 Å². The Morgan fingerprint density at radius 3 is 0.824 bits per heavy atom. The van der Waals surface area contributed by atoms with Crippen LogP contribution < -0.4 is 66.7 Å². The number of hydrogen-bond acceptors (Lipinski definition) is 6. The fourth-order valence-corrected chi connectivity index (χ4v) is 0. The van der Waals surface area contributed by atoms with E-state index in [9.17, 15) is 0 Å². The number of rotatable bonds is 3. The molecule has 0 aromatic carbocycles. The van der Waals surface area contributed by atoms with Crippen molar-refractivity contribution in [2.75, 3.05) is 0 Å². The zero-order valence-corrected chi connectivity index (χ0v) is 13.4. The van der Waals surface area contributed by atoms with Gasteiger partial charge in [0.05, 0.1) is 17.9 Å². The zero-order valence-electron chi connectivity index (χ0n) is 10.2. The van der Waals surface area contributed by atoms with Gasteiger partial charge in [0.2, 0.25) is 0 Å². The zero-order chi connectivity index (χ0) is 12.9. The summed E-state index contributed by atoms with van der Waals surface area (Å²) < 4.78 is 0. The molecule has 0 aromatic heterocycles. The van der Waals surface area contributed by atoms with Crippen LogP contribution in [0.1, 0.15) is 1.43 Å². The number of carbonyl (C=O) groups excluding carboxylic acids is 3. The third-order valence-electron chi connectivity index (χ3n) is 0.500. The molecule has 0 amide bonds. The smallest absolute Gasteiger partial charge is 1.00 e. The van der Waals surface area contributed by atoms with Crippen molar-refractivity contribution < 1.29 is 99.6 Å². The molecule has 0 saturated carbocycles. The standard InChI is InChI=1S/3C3H4O2.Fe.K.H/c3*1-2-3(4)5;;;/h3*2H,1H2,(H,4,5);;;/q;;;+3;+1;-1/p-3. The molecular formula is C9H10FeKO6. The van der Waals surface area contributed by atoms with E-state index in [1.54, 1.807) is 0 Å². The van der Waals surface area contributed by atoms with Crippen LogP contribution in [0, 0.1) is 0 Å². The Kier molecular flexibility index (Phi) is 44.0. The van der Waals surface area contributed by atoms with E-state index < -0.39 is 17.9 Å². The van der Waals surface area contributed by atoms with Gasteiger partial charge in [0.25, 0.3) is 0 Å². The third-order valence-corrected chi connectivity index (χ3v) is 0.500. The van der Waals surface area contributed by atoms with Gasteiger partial charge in [0.15, 0.2) is 0 Å².